The molecule has 4 N–H and O–H groups in total. The maximum absolute atomic E-state index is 9.41. The molecule has 0 amide bonds. The SMILES string of the molecule is CCCC(O)CCCCCCCO.CCCC(O)CCCCCCCO. The van der Waals surface area contributed by atoms with Crippen molar-refractivity contribution in [2.24, 2.45) is 0 Å². The van der Waals surface area contributed by atoms with Gasteiger partial charge in [0.25, 0.3) is 0 Å². The first-order valence-electron chi connectivity index (χ1n) is 11.2. The van der Waals surface area contributed by atoms with Crippen molar-refractivity contribution in [3.63, 3.8) is 0 Å². The molecule has 0 spiro atoms. The summed E-state index contributed by atoms with van der Waals surface area (Å²) in [7, 11) is 0. The van der Waals surface area contributed by atoms with E-state index in [9.17, 15) is 10.2 Å². The molecule has 2 atom stereocenters. The molecular weight excluding hydrogens is 328 g/mol. The molecule has 0 bridgehead atoms. The largest absolute Gasteiger partial charge is 0.396 e. The maximum Gasteiger partial charge on any atom is 0.0540 e. The van der Waals surface area contributed by atoms with Gasteiger partial charge in [0.1, 0.15) is 0 Å². The fourth-order valence-electron chi connectivity index (χ4n) is 3.00. The van der Waals surface area contributed by atoms with Crippen LogP contribution in [0.4, 0.5) is 0 Å². The summed E-state index contributed by atoms with van der Waals surface area (Å²) in [6.07, 6.45) is 16.9. The zero-order valence-corrected chi connectivity index (χ0v) is 17.7. The predicted octanol–water partition coefficient (Wildman–Crippen LogP) is 4.96. The second kappa shape index (κ2) is 24.8. The van der Waals surface area contributed by atoms with Crippen LogP contribution in [0.25, 0.3) is 0 Å². The van der Waals surface area contributed by atoms with E-state index in [0.29, 0.717) is 13.2 Å². The van der Waals surface area contributed by atoms with Gasteiger partial charge in [0.15, 0.2) is 0 Å². The molecule has 0 radical (unpaired) electrons. The molecule has 0 aliphatic heterocycles. The molecule has 0 aromatic heterocycles. The van der Waals surface area contributed by atoms with Gasteiger partial charge in [0.2, 0.25) is 0 Å². The summed E-state index contributed by atoms with van der Waals surface area (Å²) < 4.78 is 0. The van der Waals surface area contributed by atoms with Crippen LogP contribution in [0.1, 0.15) is 117 Å². The second-order valence-electron chi connectivity index (χ2n) is 7.45. The monoisotopic (exact) mass is 376 g/mol. The first kappa shape index (κ1) is 28.1. The molecule has 0 heterocycles. The van der Waals surface area contributed by atoms with Crippen molar-refractivity contribution >= 4 is 0 Å². The molecule has 26 heavy (non-hydrogen) atoms. The Morgan fingerprint density at radius 2 is 0.769 bits per heavy atom. The Morgan fingerprint density at radius 1 is 0.462 bits per heavy atom. The number of rotatable bonds is 18. The predicted molar refractivity (Wildman–Crippen MR) is 111 cm³/mol. The van der Waals surface area contributed by atoms with Gasteiger partial charge < -0.3 is 20.4 Å². The molecule has 4 nitrogen and oxygen atoms in total. The van der Waals surface area contributed by atoms with Gasteiger partial charge in [0.05, 0.1) is 12.2 Å². The minimum atomic E-state index is -0.0807. The van der Waals surface area contributed by atoms with E-state index in [0.717, 1.165) is 77.0 Å². The summed E-state index contributed by atoms with van der Waals surface area (Å²) in [6.45, 7) is 4.84. The smallest absolute Gasteiger partial charge is 0.0540 e. The lowest BCUT2D eigenvalue weighted by Gasteiger charge is -2.07. The lowest BCUT2D eigenvalue weighted by molar-refractivity contribution is 0.149. The van der Waals surface area contributed by atoms with E-state index in [-0.39, 0.29) is 12.2 Å². The van der Waals surface area contributed by atoms with Gasteiger partial charge in [-0.3, -0.25) is 0 Å². The molecule has 160 valence electrons. The molecule has 0 aliphatic carbocycles. The highest BCUT2D eigenvalue weighted by Crippen LogP contribution is 2.10. The Labute approximate surface area is 163 Å². The van der Waals surface area contributed by atoms with Crippen molar-refractivity contribution < 1.29 is 20.4 Å². The summed E-state index contributed by atoms with van der Waals surface area (Å²) in [6, 6.07) is 0. The van der Waals surface area contributed by atoms with Crippen molar-refractivity contribution in [3.05, 3.63) is 0 Å². The van der Waals surface area contributed by atoms with Crippen LogP contribution in [0, 0.1) is 0 Å². The first-order chi connectivity index (χ1) is 12.6. The van der Waals surface area contributed by atoms with Crippen molar-refractivity contribution in [2.45, 2.75) is 129 Å². The maximum atomic E-state index is 9.41. The van der Waals surface area contributed by atoms with E-state index in [2.05, 4.69) is 13.8 Å². The topological polar surface area (TPSA) is 80.9 Å². The molecule has 0 aromatic carbocycles. The van der Waals surface area contributed by atoms with E-state index in [1.807, 2.05) is 0 Å². The van der Waals surface area contributed by atoms with Gasteiger partial charge in [-0.2, -0.15) is 0 Å². The van der Waals surface area contributed by atoms with Crippen LogP contribution >= 0.6 is 0 Å². The Hall–Kier alpha value is -0.160. The van der Waals surface area contributed by atoms with Crippen LogP contribution in [-0.4, -0.2) is 45.8 Å². The third-order valence-corrected chi connectivity index (χ3v) is 4.63. The fourth-order valence-corrected chi connectivity index (χ4v) is 3.00. The molecule has 2 unspecified atom stereocenters. The van der Waals surface area contributed by atoms with Gasteiger partial charge in [-0.25, -0.2) is 0 Å². The van der Waals surface area contributed by atoms with Crippen LogP contribution in [0.2, 0.25) is 0 Å². The number of unbranched alkanes of at least 4 members (excludes halogenated alkanes) is 8. The van der Waals surface area contributed by atoms with Crippen LogP contribution in [0.5, 0.6) is 0 Å². The molecule has 0 aromatic rings. The summed E-state index contributed by atoms with van der Waals surface area (Å²) >= 11 is 0. The average molecular weight is 377 g/mol. The highest BCUT2D eigenvalue weighted by atomic mass is 16.3. The lowest BCUT2D eigenvalue weighted by atomic mass is 10.1. The zero-order valence-electron chi connectivity index (χ0n) is 17.7. The molecule has 0 fully saturated rings. The molecule has 0 saturated heterocycles. The first-order valence-corrected chi connectivity index (χ1v) is 11.2. The van der Waals surface area contributed by atoms with E-state index < -0.39 is 0 Å². The molecule has 0 aliphatic rings. The highest BCUT2D eigenvalue weighted by molar-refractivity contribution is 4.55. The Bertz CT molecular complexity index is 212. The number of aliphatic hydroxyl groups is 4. The lowest BCUT2D eigenvalue weighted by Crippen LogP contribution is -2.04. The minimum absolute atomic E-state index is 0.0807. The van der Waals surface area contributed by atoms with Gasteiger partial charge >= 0.3 is 0 Å². The van der Waals surface area contributed by atoms with Gasteiger partial charge in [0, 0.05) is 13.2 Å². The molecular formula is C22H48O4. The minimum Gasteiger partial charge on any atom is -0.396 e. The Morgan fingerprint density at radius 3 is 1.08 bits per heavy atom. The van der Waals surface area contributed by atoms with Crippen molar-refractivity contribution in [3.8, 4) is 0 Å². The molecule has 0 rings (SSSR count). The molecule has 4 heteroatoms. The quantitative estimate of drug-likeness (QED) is 0.255. The molecule has 0 saturated carbocycles. The third kappa shape index (κ3) is 26.1. The van der Waals surface area contributed by atoms with Crippen molar-refractivity contribution in [1.82, 2.24) is 0 Å². The standard InChI is InChI=1S/2C11H24O2/c2*1-2-8-11(13)9-6-4-3-5-7-10-12/h2*11-13H,2-10H2,1H3. The summed E-state index contributed by atoms with van der Waals surface area (Å²) in [5.41, 5.74) is 0. The van der Waals surface area contributed by atoms with Crippen LogP contribution in [0.3, 0.4) is 0 Å². The van der Waals surface area contributed by atoms with E-state index >= 15 is 0 Å². The number of hydrogen-bond donors (Lipinski definition) is 4. The van der Waals surface area contributed by atoms with Crippen LogP contribution in [-0.2, 0) is 0 Å². The van der Waals surface area contributed by atoms with Gasteiger partial charge in [-0.05, 0) is 38.5 Å². The number of aliphatic hydroxyl groups excluding tert-OH is 4. The van der Waals surface area contributed by atoms with E-state index in [1.54, 1.807) is 0 Å². The average Bonchev–Trinajstić information content (AvgIpc) is 2.62. The summed E-state index contributed by atoms with van der Waals surface area (Å²) in [5, 5.41) is 35.9. The van der Waals surface area contributed by atoms with Gasteiger partial charge in [-0.1, -0.05) is 78.1 Å². The van der Waals surface area contributed by atoms with Crippen LogP contribution in [0.15, 0.2) is 0 Å². The second-order valence-corrected chi connectivity index (χ2v) is 7.45. The van der Waals surface area contributed by atoms with E-state index in [1.165, 1.54) is 25.7 Å². The Kier molecular flexibility index (Phi) is 26.8. The zero-order chi connectivity index (χ0) is 19.9. The van der Waals surface area contributed by atoms with Crippen molar-refractivity contribution in [2.75, 3.05) is 13.2 Å². The third-order valence-electron chi connectivity index (χ3n) is 4.63. The van der Waals surface area contributed by atoms with Gasteiger partial charge in [-0.15, -0.1) is 0 Å². The van der Waals surface area contributed by atoms with Crippen LogP contribution < -0.4 is 0 Å². The van der Waals surface area contributed by atoms with Crippen molar-refractivity contribution in [1.29, 1.82) is 0 Å². The Balaban J connectivity index is 0. The highest BCUT2D eigenvalue weighted by Gasteiger charge is 2.02. The van der Waals surface area contributed by atoms with E-state index in [4.69, 9.17) is 10.2 Å². The summed E-state index contributed by atoms with van der Waals surface area (Å²) in [5.74, 6) is 0. The fraction of sp³-hybridized carbons (Fsp3) is 1.00. The summed E-state index contributed by atoms with van der Waals surface area (Å²) in [4.78, 5) is 0. The number of hydrogen-bond acceptors (Lipinski definition) is 4. The normalized spacial score (nSPS) is 13.2.